The van der Waals surface area contributed by atoms with Gasteiger partial charge in [-0.25, -0.2) is 9.98 Å². The Balaban J connectivity index is 1.09. The number of thiophene rings is 1. The van der Waals surface area contributed by atoms with E-state index in [0.29, 0.717) is 5.84 Å². The van der Waals surface area contributed by atoms with Crippen molar-refractivity contribution in [3.63, 3.8) is 0 Å². The van der Waals surface area contributed by atoms with Crippen molar-refractivity contribution in [1.29, 1.82) is 0 Å². The van der Waals surface area contributed by atoms with Crippen molar-refractivity contribution < 1.29 is 4.42 Å². The summed E-state index contributed by atoms with van der Waals surface area (Å²) in [5.74, 6) is 1.46. The summed E-state index contributed by atoms with van der Waals surface area (Å²) in [6.45, 7) is 0. The van der Waals surface area contributed by atoms with Crippen molar-refractivity contribution >= 4 is 86.9 Å². The average Bonchev–Trinajstić information content (AvgIpc) is 3.97. The number of nitrogens with one attached hydrogen (secondary N) is 1. The van der Waals surface area contributed by atoms with Crippen molar-refractivity contribution in [2.24, 2.45) is 9.98 Å². The van der Waals surface area contributed by atoms with Crippen LogP contribution in [0.25, 0.3) is 80.7 Å². The van der Waals surface area contributed by atoms with Crippen LogP contribution in [0, 0.1) is 0 Å². The van der Waals surface area contributed by atoms with Crippen LogP contribution in [0.15, 0.2) is 196 Å². The molecule has 1 aliphatic rings. The standard InChI is InChI=1S/C51H32N4OS/c1-3-13-31(14-4-1)32-25-27-33(28-26-32)49-52-50(40-20-12-24-44-45(40)39-18-8-10-23-43(39)56-44)54-51(53-49)41-21-11-19-37-38-30-29-36-35-17-7-9-22-42(35)55(34-15-5-2-6-16-34)46(36)48(38)57-47(37)41/h1-30,49H,(H,52,53,54). The summed E-state index contributed by atoms with van der Waals surface area (Å²) < 4.78 is 11.2. The lowest BCUT2D eigenvalue weighted by atomic mass is 10.0. The first-order valence-electron chi connectivity index (χ1n) is 19.2. The highest BCUT2D eigenvalue weighted by molar-refractivity contribution is 7.27. The van der Waals surface area contributed by atoms with E-state index in [2.05, 4.69) is 162 Å². The minimum absolute atomic E-state index is 0.373. The highest BCUT2D eigenvalue weighted by atomic mass is 32.1. The zero-order chi connectivity index (χ0) is 37.5. The lowest BCUT2D eigenvalue weighted by Crippen LogP contribution is -2.33. The van der Waals surface area contributed by atoms with Gasteiger partial charge in [0.25, 0.3) is 0 Å². The molecule has 8 aromatic carbocycles. The van der Waals surface area contributed by atoms with E-state index in [1.54, 1.807) is 0 Å². The second kappa shape index (κ2) is 12.6. The van der Waals surface area contributed by atoms with Gasteiger partial charge in [-0.2, -0.15) is 0 Å². The lowest BCUT2D eigenvalue weighted by Gasteiger charge is -2.24. The molecular weight excluding hydrogens is 717 g/mol. The van der Waals surface area contributed by atoms with Gasteiger partial charge in [0.1, 0.15) is 23.2 Å². The molecule has 0 saturated heterocycles. The molecule has 6 heteroatoms. The van der Waals surface area contributed by atoms with Crippen molar-refractivity contribution in [2.75, 3.05) is 0 Å². The maximum absolute atomic E-state index is 6.34. The summed E-state index contributed by atoms with van der Waals surface area (Å²) in [7, 11) is 0. The number of fused-ring (bicyclic) bond motifs is 10. The van der Waals surface area contributed by atoms with Crippen LogP contribution < -0.4 is 5.32 Å². The van der Waals surface area contributed by atoms with E-state index < -0.39 is 0 Å². The van der Waals surface area contributed by atoms with Crippen molar-refractivity contribution in [2.45, 2.75) is 6.17 Å². The quantitative estimate of drug-likeness (QED) is 0.191. The molecule has 0 amide bonds. The van der Waals surface area contributed by atoms with Crippen molar-refractivity contribution in [3.8, 4) is 16.8 Å². The van der Waals surface area contributed by atoms with Gasteiger partial charge in [0.2, 0.25) is 0 Å². The Morgan fingerprint density at radius 2 is 1.16 bits per heavy atom. The van der Waals surface area contributed by atoms with Crippen LogP contribution in [0.4, 0.5) is 0 Å². The second-order valence-electron chi connectivity index (χ2n) is 14.5. The van der Waals surface area contributed by atoms with Gasteiger partial charge in [-0.05, 0) is 53.1 Å². The predicted molar refractivity (Wildman–Crippen MR) is 238 cm³/mol. The van der Waals surface area contributed by atoms with Crippen molar-refractivity contribution in [3.05, 3.63) is 199 Å². The Hall–Kier alpha value is -7.28. The number of hydrogen-bond donors (Lipinski definition) is 1. The van der Waals surface area contributed by atoms with E-state index in [1.165, 1.54) is 47.5 Å². The summed E-state index contributed by atoms with van der Waals surface area (Å²) in [4.78, 5) is 10.8. The normalized spacial score (nSPS) is 14.5. The molecule has 3 aromatic heterocycles. The van der Waals surface area contributed by atoms with E-state index in [0.717, 1.165) is 55.7 Å². The first-order chi connectivity index (χ1) is 28.3. The summed E-state index contributed by atoms with van der Waals surface area (Å²) in [5, 5.41) is 10.8. The Kier molecular flexibility index (Phi) is 7.09. The van der Waals surface area contributed by atoms with E-state index in [-0.39, 0.29) is 6.17 Å². The molecule has 0 radical (unpaired) electrons. The highest BCUT2D eigenvalue weighted by Crippen LogP contribution is 2.44. The Bertz CT molecular complexity index is 3430. The maximum atomic E-state index is 6.34. The van der Waals surface area contributed by atoms with Crippen LogP contribution in [0.1, 0.15) is 22.9 Å². The number of benzene rings is 8. The summed E-state index contributed by atoms with van der Waals surface area (Å²) in [6, 6.07) is 64.2. The Morgan fingerprint density at radius 1 is 0.509 bits per heavy atom. The smallest absolute Gasteiger partial charge is 0.160 e. The number of para-hydroxylation sites is 3. The topological polar surface area (TPSA) is 54.8 Å². The summed E-state index contributed by atoms with van der Waals surface area (Å²) in [6.07, 6.45) is -0.373. The molecule has 1 unspecified atom stereocenters. The Morgan fingerprint density at radius 3 is 2.02 bits per heavy atom. The molecule has 0 aliphatic carbocycles. The van der Waals surface area contributed by atoms with Gasteiger partial charge in [-0.15, -0.1) is 11.3 Å². The van der Waals surface area contributed by atoms with Gasteiger partial charge in [0, 0.05) is 53.8 Å². The number of furan rings is 1. The van der Waals surface area contributed by atoms with Gasteiger partial charge >= 0.3 is 0 Å². The molecular formula is C51H32N4OS. The van der Waals surface area contributed by atoms with E-state index >= 15 is 0 Å². The van der Waals surface area contributed by atoms with Crippen LogP contribution in [0.2, 0.25) is 0 Å². The number of hydrogen-bond acceptors (Lipinski definition) is 5. The van der Waals surface area contributed by atoms with Crippen molar-refractivity contribution in [1.82, 2.24) is 9.88 Å². The van der Waals surface area contributed by atoms with Gasteiger partial charge in [0.15, 0.2) is 5.84 Å². The van der Waals surface area contributed by atoms with Gasteiger partial charge in [-0.1, -0.05) is 146 Å². The van der Waals surface area contributed by atoms with Crippen LogP contribution in [0.3, 0.4) is 0 Å². The zero-order valence-electron chi connectivity index (χ0n) is 30.6. The number of rotatable bonds is 5. The summed E-state index contributed by atoms with van der Waals surface area (Å²) >= 11 is 1.83. The number of aromatic nitrogens is 1. The fourth-order valence-corrected chi connectivity index (χ4v) is 10.0. The fourth-order valence-electron chi connectivity index (χ4n) is 8.66. The first kappa shape index (κ1) is 32.0. The Labute approximate surface area is 331 Å². The number of nitrogens with zero attached hydrogens (tertiary/aromatic N) is 3. The monoisotopic (exact) mass is 748 g/mol. The highest BCUT2D eigenvalue weighted by Gasteiger charge is 2.26. The third kappa shape index (κ3) is 5.01. The van der Waals surface area contributed by atoms with E-state index in [9.17, 15) is 0 Å². The largest absolute Gasteiger partial charge is 0.456 e. The summed E-state index contributed by atoms with van der Waals surface area (Å²) in [5.41, 5.74) is 10.6. The van der Waals surface area contributed by atoms with E-state index in [1.807, 2.05) is 41.7 Å². The first-order valence-corrected chi connectivity index (χ1v) is 20.0. The molecule has 0 spiro atoms. The van der Waals surface area contributed by atoms with Gasteiger partial charge < -0.3 is 14.3 Å². The molecule has 1 atom stereocenters. The van der Waals surface area contributed by atoms with Crippen LogP contribution in [-0.2, 0) is 0 Å². The number of amidine groups is 2. The molecule has 11 aromatic rings. The van der Waals surface area contributed by atoms with Crippen LogP contribution in [-0.4, -0.2) is 16.2 Å². The average molecular weight is 749 g/mol. The SMILES string of the molecule is c1ccc(-c2ccc(C3N=C(c4cccc5c4sc4c5ccc5c6ccccc6n(-c6ccccc6)c54)N=C(c4cccc5oc6ccccc6c45)N3)cc2)cc1. The van der Waals surface area contributed by atoms with E-state index in [4.69, 9.17) is 14.4 Å². The molecule has 57 heavy (non-hydrogen) atoms. The third-order valence-electron chi connectivity index (χ3n) is 11.3. The molecule has 1 aliphatic heterocycles. The fraction of sp³-hybridized carbons (Fsp3) is 0.0196. The number of aliphatic imine (C=N–C) groups is 2. The van der Waals surface area contributed by atoms with Gasteiger partial charge in [0.05, 0.1) is 15.7 Å². The molecule has 0 saturated carbocycles. The molecule has 4 heterocycles. The van der Waals surface area contributed by atoms with Crippen LogP contribution in [0.5, 0.6) is 0 Å². The molecule has 0 bridgehead atoms. The maximum Gasteiger partial charge on any atom is 0.160 e. The molecule has 268 valence electrons. The molecule has 1 N–H and O–H groups in total. The third-order valence-corrected chi connectivity index (χ3v) is 12.5. The lowest BCUT2D eigenvalue weighted by molar-refractivity contribution is 0.668. The van der Waals surface area contributed by atoms with Gasteiger partial charge in [-0.3, -0.25) is 0 Å². The zero-order valence-corrected chi connectivity index (χ0v) is 31.4. The minimum Gasteiger partial charge on any atom is -0.456 e. The second-order valence-corrected chi connectivity index (χ2v) is 15.6. The predicted octanol–water partition coefficient (Wildman–Crippen LogP) is 13.2. The molecule has 5 nitrogen and oxygen atoms in total. The van der Waals surface area contributed by atoms with Crippen LogP contribution >= 0.6 is 11.3 Å². The molecule has 0 fully saturated rings. The minimum atomic E-state index is -0.373. The molecule has 12 rings (SSSR count).